The maximum Gasteiger partial charge on any atom is 2.00 e. The molecule has 0 aliphatic heterocycles. The smallest absolute Gasteiger partial charge is 1.00 e. The van der Waals surface area contributed by atoms with E-state index in [2.05, 4.69) is 0 Å². The van der Waals surface area contributed by atoms with Gasteiger partial charge in [-0.3, -0.25) is 0 Å². The number of hydrogen-bond acceptors (Lipinski definition) is 2. The van der Waals surface area contributed by atoms with E-state index >= 15 is 0 Å². The minimum atomic E-state index is -1.50. The van der Waals surface area contributed by atoms with Gasteiger partial charge in [-0.2, -0.15) is 0 Å². The Morgan fingerprint density at radius 3 is 1.43 bits per heavy atom. The van der Waals surface area contributed by atoms with E-state index in [9.17, 15) is 0 Å². The fraction of sp³-hybridized carbons (Fsp3) is 0. The molecule has 0 fully saturated rings. The molecule has 0 saturated heterocycles. The molecule has 0 atom stereocenters. The van der Waals surface area contributed by atoms with E-state index in [-0.39, 0.29) is 47.9 Å². The van der Waals surface area contributed by atoms with Gasteiger partial charge in [-0.1, -0.05) is 0 Å². The van der Waals surface area contributed by atoms with Crippen LogP contribution in [-0.4, -0.2) is 33.3 Å². The molecule has 0 aliphatic rings. The van der Waals surface area contributed by atoms with Gasteiger partial charge < -0.3 is 30.0 Å². The first kappa shape index (κ1) is 25.7. The van der Waals surface area contributed by atoms with E-state index in [4.69, 9.17) is 15.3 Å². The Morgan fingerprint density at radius 1 is 1.43 bits per heavy atom. The van der Waals surface area contributed by atoms with Crippen LogP contribution in [0, 0.1) is 10.1 Å². The summed E-state index contributed by atoms with van der Waals surface area (Å²) in [5, 5.41) is 13.6. The van der Waals surface area contributed by atoms with E-state index in [1.807, 2.05) is 0 Å². The minimum Gasteiger partial charge on any atom is -1.00 e. The predicted octanol–water partition coefficient (Wildman–Crippen LogP) is -6.72. The first-order chi connectivity index (χ1) is 1.73. The van der Waals surface area contributed by atoms with Crippen LogP contribution >= 0.6 is 0 Å². The topological polar surface area (TPSA) is 63.4 Å². The van der Waals surface area contributed by atoms with E-state index in [0.29, 0.717) is 0 Å². The van der Waals surface area contributed by atoms with Gasteiger partial charge in [-0.05, 0) is 0 Å². The molecule has 7 heteroatoms. The molecule has 0 unspecified atom stereocenters. The first-order valence-electron chi connectivity index (χ1n) is 0.565. The maximum absolute atomic E-state index is 8.36. The van der Waals surface area contributed by atoms with Crippen LogP contribution in [0.5, 0.6) is 0 Å². The molecule has 0 bridgehead atoms. The molecule has 0 amide bonds. The Bertz CT molecular complexity index is 35.9. The van der Waals surface area contributed by atoms with Crippen molar-refractivity contribution in [1.29, 1.82) is 0 Å². The fourth-order valence-electron chi connectivity index (χ4n) is 0. The van der Waals surface area contributed by atoms with Crippen LogP contribution in [0.1, 0.15) is 0 Å². The zero-order valence-corrected chi connectivity index (χ0v) is 6.10. The molecule has 0 rings (SSSR count). The van der Waals surface area contributed by atoms with Crippen LogP contribution in [-0.2, 0) is 0 Å². The average molecular weight is 158 g/mol. The molecule has 0 aliphatic carbocycles. The standard InChI is InChI=1S/2ClH.Mg.HNO3/c;;;2-1(3)4/h2*1H;;(H,2,3,4)/q;;+2;/p-2. The van der Waals surface area contributed by atoms with E-state index < -0.39 is 5.09 Å². The molecule has 0 aromatic rings. The second kappa shape index (κ2) is 16.0. The van der Waals surface area contributed by atoms with Crippen LogP contribution in [0.2, 0.25) is 0 Å². The summed E-state index contributed by atoms with van der Waals surface area (Å²) in [5.74, 6) is 0. The van der Waals surface area contributed by atoms with Crippen molar-refractivity contribution < 1.29 is 35.1 Å². The van der Waals surface area contributed by atoms with Crippen molar-refractivity contribution in [1.82, 2.24) is 0 Å². The van der Waals surface area contributed by atoms with Crippen LogP contribution in [0.25, 0.3) is 0 Å². The zero-order valence-electron chi connectivity index (χ0n) is 3.17. The molecule has 4 nitrogen and oxygen atoms in total. The number of halogens is 2. The molecule has 0 aromatic carbocycles. The minimum absolute atomic E-state index is 0. The van der Waals surface area contributed by atoms with Gasteiger partial charge in [-0.25, -0.2) is 0 Å². The van der Waals surface area contributed by atoms with Gasteiger partial charge in [0.2, 0.25) is 0 Å². The van der Waals surface area contributed by atoms with Crippen LogP contribution < -0.4 is 24.8 Å². The van der Waals surface area contributed by atoms with Crippen molar-refractivity contribution in [2.24, 2.45) is 0 Å². The molecule has 0 radical (unpaired) electrons. The van der Waals surface area contributed by atoms with E-state index in [1.165, 1.54) is 0 Å². The molecule has 7 heavy (non-hydrogen) atoms. The second-order valence-electron chi connectivity index (χ2n) is 0.238. The van der Waals surface area contributed by atoms with Gasteiger partial charge >= 0.3 is 23.1 Å². The van der Waals surface area contributed by atoms with Crippen molar-refractivity contribution in [3.8, 4) is 0 Å². The Balaban J connectivity index is -0.0000000150. The van der Waals surface area contributed by atoms with Crippen LogP contribution in [0.3, 0.4) is 0 Å². The molecule has 0 spiro atoms. The summed E-state index contributed by atoms with van der Waals surface area (Å²) in [6, 6.07) is 0. The third-order valence-corrected chi connectivity index (χ3v) is 0. The maximum atomic E-state index is 8.36. The normalized spacial score (nSPS) is 3.43. The zero-order chi connectivity index (χ0) is 3.58. The summed E-state index contributed by atoms with van der Waals surface area (Å²) in [5.41, 5.74) is 0. The molecule has 0 saturated carbocycles. The summed E-state index contributed by atoms with van der Waals surface area (Å²) >= 11 is 0. The van der Waals surface area contributed by atoms with E-state index in [0.717, 1.165) is 0 Å². The average Bonchev–Trinajstić information content (AvgIpc) is 0.811. The Morgan fingerprint density at radius 2 is 1.43 bits per heavy atom. The Kier molecular flexibility index (Phi) is 58.8. The molecule has 0 heterocycles. The third-order valence-electron chi connectivity index (χ3n) is 0. The molecule has 1 N–H and O–H groups in total. The van der Waals surface area contributed by atoms with Crippen molar-refractivity contribution >= 4 is 23.1 Å². The Labute approximate surface area is 68.4 Å². The quantitative estimate of drug-likeness (QED) is 0.216. The fourth-order valence-corrected chi connectivity index (χ4v) is 0. The van der Waals surface area contributed by atoms with Gasteiger partial charge in [0.1, 0.15) is 0 Å². The van der Waals surface area contributed by atoms with Crippen molar-refractivity contribution in [2.45, 2.75) is 0 Å². The molecule has 40 valence electrons. The SMILES string of the molecule is O=[N+]([O-])O.[Cl-].[Cl-].[Mg+2]. The van der Waals surface area contributed by atoms with Crippen molar-refractivity contribution in [3.63, 3.8) is 0 Å². The summed E-state index contributed by atoms with van der Waals surface area (Å²) in [6.07, 6.45) is 0. The van der Waals surface area contributed by atoms with E-state index in [1.54, 1.807) is 0 Å². The van der Waals surface area contributed by atoms with Gasteiger partial charge in [0.05, 0.1) is 0 Å². The van der Waals surface area contributed by atoms with Gasteiger partial charge in [0.15, 0.2) is 0 Å². The van der Waals surface area contributed by atoms with Gasteiger partial charge in [0, 0.05) is 0 Å². The second-order valence-corrected chi connectivity index (χ2v) is 0.238. The van der Waals surface area contributed by atoms with Crippen molar-refractivity contribution in [3.05, 3.63) is 10.1 Å². The molecular weight excluding hydrogens is 157 g/mol. The monoisotopic (exact) mass is 157 g/mol. The predicted molar refractivity (Wildman–Crippen MR) is 14.5 cm³/mol. The largest absolute Gasteiger partial charge is 2.00 e. The number of nitrogens with zero attached hydrogens (tertiary/aromatic N) is 1. The first-order valence-corrected chi connectivity index (χ1v) is 0.565. The van der Waals surface area contributed by atoms with Crippen LogP contribution in [0.15, 0.2) is 0 Å². The molecular formula is HCl2MgNO3. The van der Waals surface area contributed by atoms with Gasteiger partial charge in [-0.15, -0.1) is 10.1 Å². The number of rotatable bonds is 0. The van der Waals surface area contributed by atoms with Crippen molar-refractivity contribution in [2.75, 3.05) is 0 Å². The summed E-state index contributed by atoms with van der Waals surface area (Å²) in [7, 11) is 0. The van der Waals surface area contributed by atoms with Crippen LogP contribution in [0.4, 0.5) is 0 Å². The number of hydrogen-bond donors (Lipinski definition) is 1. The summed E-state index contributed by atoms with van der Waals surface area (Å²) in [4.78, 5) is 8.36. The van der Waals surface area contributed by atoms with Gasteiger partial charge in [0.25, 0.3) is 5.09 Å². The third kappa shape index (κ3) is 453. The Hall–Kier alpha value is 0.546. The summed E-state index contributed by atoms with van der Waals surface area (Å²) in [6.45, 7) is 0. The summed E-state index contributed by atoms with van der Waals surface area (Å²) < 4.78 is 0. The molecule has 0 aromatic heterocycles.